The van der Waals surface area contributed by atoms with E-state index in [0.29, 0.717) is 16.9 Å². The molecule has 1 aromatic heterocycles. The number of carbonyl (C=O) groups excluding carboxylic acids is 1. The van der Waals surface area contributed by atoms with Crippen molar-refractivity contribution in [3.8, 4) is 0 Å². The SMILES string of the molecule is Cc1cc(C)c(NC(=O)Nc2ccsc2)c(C(=O)O)c1. The molecule has 104 valence electrons. The van der Waals surface area contributed by atoms with Gasteiger partial charge in [0, 0.05) is 5.38 Å². The molecule has 1 aromatic carbocycles. The van der Waals surface area contributed by atoms with Gasteiger partial charge in [0.2, 0.25) is 0 Å². The van der Waals surface area contributed by atoms with Crippen molar-refractivity contribution in [2.24, 2.45) is 0 Å². The van der Waals surface area contributed by atoms with Crippen LogP contribution in [0.3, 0.4) is 0 Å². The summed E-state index contributed by atoms with van der Waals surface area (Å²) in [4.78, 5) is 23.1. The highest BCUT2D eigenvalue weighted by atomic mass is 32.1. The van der Waals surface area contributed by atoms with Crippen molar-refractivity contribution in [1.82, 2.24) is 0 Å². The lowest BCUT2D eigenvalue weighted by molar-refractivity contribution is 0.0698. The summed E-state index contributed by atoms with van der Waals surface area (Å²) in [7, 11) is 0. The molecule has 0 saturated heterocycles. The van der Waals surface area contributed by atoms with Crippen molar-refractivity contribution in [1.29, 1.82) is 0 Å². The second-order valence-corrected chi connectivity index (χ2v) is 5.18. The number of amides is 2. The molecule has 0 spiro atoms. The topological polar surface area (TPSA) is 78.4 Å². The van der Waals surface area contributed by atoms with Crippen molar-refractivity contribution >= 4 is 34.7 Å². The predicted molar refractivity (Wildman–Crippen MR) is 79.8 cm³/mol. The van der Waals surface area contributed by atoms with Crippen LogP contribution in [-0.4, -0.2) is 17.1 Å². The molecule has 0 fully saturated rings. The lowest BCUT2D eigenvalue weighted by Crippen LogP contribution is -2.21. The fraction of sp³-hybridized carbons (Fsp3) is 0.143. The Bertz CT molecular complexity index is 651. The van der Waals surface area contributed by atoms with E-state index in [1.165, 1.54) is 17.4 Å². The molecule has 2 rings (SSSR count). The molecule has 20 heavy (non-hydrogen) atoms. The molecule has 3 N–H and O–H groups in total. The van der Waals surface area contributed by atoms with Crippen molar-refractivity contribution < 1.29 is 14.7 Å². The van der Waals surface area contributed by atoms with Crippen molar-refractivity contribution in [3.63, 3.8) is 0 Å². The predicted octanol–water partition coefficient (Wildman–Crippen LogP) is 3.71. The molecular weight excluding hydrogens is 276 g/mol. The first-order valence-electron chi connectivity index (χ1n) is 5.92. The lowest BCUT2D eigenvalue weighted by Gasteiger charge is -2.13. The van der Waals surface area contributed by atoms with E-state index in [9.17, 15) is 14.7 Å². The fourth-order valence-electron chi connectivity index (χ4n) is 1.91. The van der Waals surface area contributed by atoms with Gasteiger partial charge in [-0.2, -0.15) is 11.3 Å². The summed E-state index contributed by atoms with van der Waals surface area (Å²) in [6, 6.07) is 4.67. The maximum atomic E-state index is 11.9. The number of benzene rings is 1. The van der Waals surface area contributed by atoms with Crippen LogP contribution >= 0.6 is 11.3 Å². The molecule has 0 unspecified atom stereocenters. The molecule has 5 nitrogen and oxygen atoms in total. The number of carboxylic acid groups (broad SMARTS) is 1. The third-order valence-electron chi connectivity index (χ3n) is 2.73. The molecule has 6 heteroatoms. The third kappa shape index (κ3) is 3.16. The number of hydrogen-bond acceptors (Lipinski definition) is 3. The average Bonchev–Trinajstić information content (AvgIpc) is 2.84. The maximum absolute atomic E-state index is 11.9. The standard InChI is InChI=1S/C14H14N2O3S/c1-8-5-9(2)12(11(6-8)13(17)18)16-14(19)15-10-3-4-20-7-10/h3-7H,1-2H3,(H,17,18)(H2,15,16,19). The van der Waals surface area contributed by atoms with Gasteiger partial charge >= 0.3 is 12.0 Å². The Balaban J connectivity index is 2.24. The van der Waals surface area contributed by atoms with Gasteiger partial charge in [0.25, 0.3) is 0 Å². The van der Waals surface area contributed by atoms with Gasteiger partial charge in [-0.05, 0) is 42.5 Å². The van der Waals surface area contributed by atoms with E-state index in [-0.39, 0.29) is 5.56 Å². The quantitative estimate of drug-likeness (QED) is 0.806. The minimum atomic E-state index is -1.07. The molecule has 0 aliphatic rings. The maximum Gasteiger partial charge on any atom is 0.337 e. The van der Waals surface area contributed by atoms with Gasteiger partial charge < -0.3 is 15.7 Å². The second-order valence-electron chi connectivity index (χ2n) is 4.40. The first kappa shape index (κ1) is 14.1. The number of aryl methyl sites for hydroxylation is 2. The van der Waals surface area contributed by atoms with Crippen LogP contribution in [0.25, 0.3) is 0 Å². The Morgan fingerprint density at radius 3 is 2.55 bits per heavy atom. The van der Waals surface area contributed by atoms with Crippen molar-refractivity contribution in [2.75, 3.05) is 10.6 Å². The zero-order valence-electron chi connectivity index (χ0n) is 11.1. The molecular formula is C14H14N2O3S. The van der Waals surface area contributed by atoms with E-state index in [1.807, 2.05) is 18.4 Å². The van der Waals surface area contributed by atoms with Crippen LogP contribution in [0.1, 0.15) is 21.5 Å². The molecule has 0 aliphatic carbocycles. The van der Waals surface area contributed by atoms with Crippen LogP contribution < -0.4 is 10.6 Å². The molecule has 0 saturated carbocycles. The van der Waals surface area contributed by atoms with Gasteiger partial charge in [0.15, 0.2) is 0 Å². The number of nitrogens with one attached hydrogen (secondary N) is 2. The van der Waals surface area contributed by atoms with Crippen LogP contribution in [-0.2, 0) is 0 Å². The number of urea groups is 1. The van der Waals surface area contributed by atoms with Crippen molar-refractivity contribution in [2.45, 2.75) is 13.8 Å². The van der Waals surface area contributed by atoms with E-state index in [4.69, 9.17) is 0 Å². The summed E-state index contributed by atoms with van der Waals surface area (Å²) in [5.41, 5.74) is 2.62. The summed E-state index contributed by atoms with van der Waals surface area (Å²) in [5.74, 6) is -1.07. The number of carbonyl (C=O) groups is 2. The summed E-state index contributed by atoms with van der Waals surface area (Å²) < 4.78 is 0. The Labute approximate surface area is 120 Å². The van der Waals surface area contributed by atoms with Crippen LogP contribution in [0, 0.1) is 13.8 Å². The fourth-order valence-corrected chi connectivity index (χ4v) is 2.50. The van der Waals surface area contributed by atoms with Gasteiger partial charge in [-0.15, -0.1) is 0 Å². The minimum Gasteiger partial charge on any atom is -0.478 e. The zero-order chi connectivity index (χ0) is 14.7. The largest absolute Gasteiger partial charge is 0.478 e. The highest BCUT2D eigenvalue weighted by Gasteiger charge is 2.15. The summed E-state index contributed by atoms with van der Waals surface area (Å²) in [6.07, 6.45) is 0. The smallest absolute Gasteiger partial charge is 0.337 e. The average molecular weight is 290 g/mol. The first-order chi connectivity index (χ1) is 9.47. The summed E-state index contributed by atoms with van der Waals surface area (Å²) in [6.45, 7) is 3.58. The number of anilines is 2. The molecule has 0 radical (unpaired) electrons. The van der Waals surface area contributed by atoms with Crippen LogP contribution in [0.4, 0.5) is 16.2 Å². The van der Waals surface area contributed by atoms with Crippen LogP contribution in [0.5, 0.6) is 0 Å². The number of aromatic carboxylic acids is 1. The Morgan fingerprint density at radius 2 is 1.95 bits per heavy atom. The third-order valence-corrected chi connectivity index (χ3v) is 3.41. The molecule has 2 aromatic rings. The number of rotatable bonds is 3. The van der Waals surface area contributed by atoms with Gasteiger partial charge in [0.1, 0.15) is 0 Å². The highest BCUT2D eigenvalue weighted by molar-refractivity contribution is 7.08. The van der Waals surface area contributed by atoms with Gasteiger partial charge in [0.05, 0.1) is 16.9 Å². The lowest BCUT2D eigenvalue weighted by atomic mass is 10.0. The van der Waals surface area contributed by atoms with E-state index in [0.717, 1.165) is 5.56 Å². The molecule has 1 heterocycles. The molecule has 0 aliphatic heterocycles. The number of thiophene rings is 1. The minimum absolute atomic E-state index is 0.0861. The van der Waals surface area contributed by atoms with Gasteiger partial charge in [-0.1, -0.05) is 6.07 Å². The Kier molecular flexibility index (Phi) is 4.05. The van der Waals surface area contributed by atoms with Gasteiger partial charge in [-0.3, -0.25) is 0 Å². The molecule has 0 atom stereocenters. The second kappa shape index (κ2) is 5.75. The summed E-state index contributed by atoms with van der Waals surface area (Å²) >= 11 is 1.46. The Hall–Kier alpha value is -2.34. The normalized spacial score (nSPS) is 10.1. The molecule has 2 amide bonds. The number of carboxylic acids is 1. The number of hydrogen-bond donors (Lipinski definition) is 3. The van der Waals surface area contributed by atoms with E-state index >= 15 is 0 Å². The van der Waals surface area contributed by atoms with Gasteiger partial charge in [-0.25, -0.2) is 9.59 Å². The molecule has 0 bridgehead atoms. The Morgan fingerprint density at radius 1 is 1.20 bits per heavy atom. The summed E-state index contributed by atoms with van der Waals surface area (Å²) in [5, 5.41) is 18.1. The van der Waals surface area contributed by atoms with Crippen molar-refractivity contribution in [3.05, 3.63) is 45.6 Å². The highest BCUT2D eigenvalue weighted by Crippen LogP contribution is 2.23. The van der Waals surface area contributed by atoms with E-state index in [1.54, 1.807) is 18.4 Å². The van der Waals surface area contributed by atoms with Crippen LogP contribution in [0.2, 0.25) is 0 Å². The van der Waals surface area contributed by atoms with E-state index in [2.05, 4.69) is 10.6 Å². The van der Waals surface area contributed by atoms with E-state index < -0.39 is 12.0 Å². The zero-order valence-corrected chi connectivity index (χ0v) is 11.9. The first-order valence-corrected chi connectivity index (χ1v) is 6.86. The van der Waals surface area contributed by atoms with Crippen LogP contribution in [0.15, 0.2) is 29.0 Å². The monoisotopic (exact) mass is 290 g/mol.